The molecule has 2 rings (SSSR count). The summed E-state index contributed by atoms with van der Waals surface area (Å²) in [5.74, 6) is -0.392. The summed E-state index contributed by atoms with van der Waals surface area (Å²) in [6.45, 7) is 0.181. The first-order valence-corrected chi connectivity index (χ1v) is 6.30. The quantitative estimate of drug-likeness (QED) is 0.805. The Balaban J connectivity index is 1.95. The summed E-state index contributed by atoms with van der Waals surface area (Å²) in [7, 11) is 0. The third-order valence-electron chi connectivity index (χ3n) is 2.23. The van der Waals surface area contributed by atoms with Gasteiger partial charge in [0, 0.05) is 0 Å². The molecule has 1 aromatic carbocycles. The highest BCUT2D eigenvalue weighted by atomic mass is 35.5. The molecule has 90 valence electrons. The molecule has 0 atom stereocenters. The van der Waals surface area contributed by atoms with Crippen LogP contribution in [0.2, 0.25) is 4.34 Å². The number of hydrogen-bond acceptors (Lipinski definition) is 4. The smallest absolute Gasteiger partial charge is 0.348 e. The monoisotopic (exact) mass is 277 g/mol. The summed E-state index contributed by atoms with van der Waals surface area (Å²) in [6.07, 6.45) is 0. The first-order valence-electron chi connectivity index (χ1n) is 5.10. The Bertz CT molecular complexity index is 598. The van der Waals surface area contributed by atoms with E-state index in [1.165, 1.54) is 11.3 Å². The maximum absolute atomic E-state index is 11.6. The van der Waals surface area contributed by atoms with Gasteiger partial charge in [-0.2, -0.15) is 5.26 Å². The zero-order valence-electron chi connectivity index (χ0n) is 9.22. The Hall–Kier alpha value is -1.83. The Morgan fingerprint density at radius 3 is 2.56 bits per heavy atom. The third-order valence-corrected chi connectivity index (χ3v) is 3.44. The van der Waals surface area contributed by atoms with Crippen molar-refractivity contribution in [2.24, 2.45) is 0 Å². The lowest BCUT2D eigenvalue weighted by molar-refractivity contribution is 0.0478. The van der Waals surface area contributed by atoms with E-state index >= 15 is 0 Å². The Morgan fingerprint density at radius 2 is 2.00 bits per heavy atom. The van der Waals surface area contributed by atoms with E-state index in [4.69, 9.17) is 21.6 Å². The summed E-state index contributed by atoms with van der Waals surface area (Å²) >= 11 is 6.92. The number of hydrogen-bond donors (Lipinski definition) is 0. The molecule has 0 unspecified atom stereocenters. The van der Waals surface area contributed by atoms with E-state index in [-0.39, 0.29) is 6.61 Å². The van der Waals surface area contributed by atoms with Crippen LogP contribution in [0.5, 0.6) is 0 Å². The number of halogens is 1. The third kappa shape index (κ3) is 3.10. The van der Waals surface area contributed by atoms with Crippen LogP contribution in [-0.2, 0) is 11.3 Å². The van der Waals surface area contributed by atoms with Crippen LogP contribution >= 0.6 is 22.9 Å². The van der Waals surface area contributed by atoms with E-state index in [0.29, 0.717) is 14.8 Å². The normalized spacial score (nSPS) is 9.78. The molecule has 2 aromatic rings. The molecule has 0 bridgehead atoms. The van der Waals surface area contributed by atoms with Gasteiger partial charge >= 0.3 is 5.97 Å². The van der Waals surface area contributed by atoms with Gasteiger partial charge < -0.3 is 4.74 Å². The highest BCUT2D eigenvalue weighted by Gasteiger charge is 2.10. The number of nitriles is 1. The Morgan fingerprint density at radius 1 is 1.28 bits per heavy atom. The van der Waals surface area contributed by atoms with Crippen molar-refractivity contribution in [2.45, 2.75) is 6.61 Å². The summed E-state index contributed by atoms with van der Waals surface area (Å²) in [4.78, 5) is 12.1. The van der Waals surface area contributed by atoms with Crippen LogP contribution in [0, 0.1) is 11.3 Å². The van der Waals surface area contributed by atoms with E-state index < -0.39 is 5.97 Å². The fourth-order valence-corrected chi connectivity index (χ4v) is 2.26. The number of esters is 1. The molecular weight excluding hydrogens is 270 g/mol. The van der Waals surface area contributed by atoms with Crippen molar-refractivity contribution < 1.29 is 9.53 Å². The van der Waals surface area contributed by atoms with E-state index in [1.807, 2.05) is 6.07 Å². The first kappa shape index (κ1) is 12.6. The van der Waals surface area contributed by atoms with Crippen LogP contribution in [-0.4, -0.2) is 5.97 Å². The van der Waals surface area contributed by atoms with Crippen molar-refractivity contribution in [2.75, 3.05) is 0 Å². The fourth-order valence-electron chi connectivity index (χ4n) is 1.32. The second-order valence-corrected chi connectivity index (χ2v) is 5.20. The highest BCUT2D eigenvalue weighted by molar-refractivity contribution is 7.17. The molecule has 0 saturated carbocycles. The minimum atomic E-state index is -0.392. The van der Waals surface area contributed by atoms with Gasteiger partial charge in [-0.3, -0.25) is 0 Å². The van der Waals surface area contributed by atoms with Crippen LogP contribution < -0.4 is 0 Å². The lowest BCUT2D eigenvalue weighted by Crippen LogP contribution is -2.02. The van der Waals surface area contributed by atoms with E-state index in [9.17, 15) is 4.79 Å². The van der Waals surface area contributed by atoms with E-state index in [2.05, 4.69) is 0 Å². The van der Waals surface area contributed by atoms with Crippen molar-refractivity contribution in [1.82, 2.24) is 0 Å². The molecule has 0 radical (unpaired) electrons. The fraction of sp³-hybridized carbons (Fsp3) is 0.0769. The molecule has 18 heavy (non-hydrogen) atoms. The van der Waals surface area contributed by atoms with Gasteiger partial charge in [-0.1, -0.05) is 23.7 Å². The summed E-state index contributed by atoms with van der Waals surface area (Å²) < 4.78 is 5.69. The van der Waals surface area contributed by atoms with Crippen LogP contribution in [0.3, 0.4) is 0 Å². The largest absolute Gasteiger partial charge is 0.457 e. The van der Waals surface area contributed by atoms with Crippen LogP contribution in [0.25, 0.3) is 0 Å². The Kier molecular flexibility index (Phi) is 3.98. The van der Waals surface area contributed by atoms with Gasteiger partial charge in [0.2, 0.25) is 0 Å². The summed E-state index contributed by atoms with van der Waals surface area (Å²) in [5, 5.41) is 8.65. The van der Waals surface area contributed by atoms with Gasteiger partial charge in [-0.05, 0) is 29.8 Å². The molecule has 0 N–H and O–H groups in total. The van der Waals surface area contributed by atoms with E-state index in [1.54, 1.807) is 36.4 Å². The molecule has 1 heterocycles. The van der Waals surface area contributed by atoms with Gasteiger partial charge in [0.15, 0.2) is 0 Å². The van der Waals surface area contributed by atoms with Crippen molar-refractivity contribution in [3.63, 3.8) is 0 Å². The molecule has 0 fully saturated rings. The molecule has 0 aliphatic carbocycles. The molecule has 1 aromatic heterocycles. The van der Waals surface area contributed by atoms with Crippen molar-refractivity contribution in [3.05, 3.63) is 56.7 Å². The maximum atomic E-state index is 11.6. The zero-order chi connectivity index (χ0) is 13.0. The van der Waals surface area contributed by atoms with Crippen LogP contribution in [0.1, 0.15) is 20.8 Å². The van der Waals surface area contributed by atoms with Gasteiger partial charge in [-0.25, -0.2) is 4.79 Å². The zero-order valence-corrected chi connectivity index (χ0v) is 10.8. The number of carbonyl (C=O) groups excluding carboxylic acids is 1. The van der Waals surface area contributed by atoms with Crippen molar-refractivity contribution in [1.29, 1.82) is 5.26 Å². The minimum absolute atomic E-state index is 0.181. The molecule has 0 spiro atoms. The van der Waals surface area contributed by atoms with Crippen LogP contribution in [0.15, 0.2) is 36.4 Å². The van der Waals surface area contributed by atoms with Gasteiger partial charge in [0.05, 0.1) is 16.0 Å². The lowest BCUT2D eigenvalue weighted by Gasteiger charge is -2.03. The summed E-state index contributed by atoms with van der Waals surface area (Å²) in [5.41, 5.74) is 1.42. The molecule has 0 aliphatic heterocycles. The average molecular weight is 278 g/mol. The van der Waals surface area contributed by atoms with Crippen molar-refractivity contribution in [3.8, 4) is 6.07 Å². The number of nitrogens with zero attached hydrogens (tertiary/aromatic N) is 1. The van der Waals surface area contributed by atoms with Gasteiger partial charge in [0.25, 0.3) is 0 Å². The molecule has 0 amide bonds. The standard InChI is InChI=1S/C13H8ClNO2S/c14-12-6-5-11(18-12)13(16)17-8-10-3-1-9(7-15)2-4-10/h1-6H,8H2. The number of rotatable bonds is 3. The molecule has 0 saturated heterocycles. The first-order chi connectivity index (χ1) is 8.69. The van der Waals surface area contributed by atoms with E-state index in [0.717, 1.165) is 5.56 Å². The Labute approximate surface area is 113 Å². The summed E-state index contributed by atoms with van der Waals surface area (Å²) in [6, 6.07) is 12.2. The second-order valence-electron chi connectivity index (χ2n) is 3.49. The predicted molar refractivity (Wildman–Crippen MR) is 69.6 cm³/mol. The average Bonchev–Trinajstić information content (AvgIpc) is 2.83. The molecule has 0 aliphatic rings. The second kappa shape index (κ2) is 5.67. The molecule has 5 heteroatoms. The lowest BCUT2D eigenvalue weighted by atomic mass is 10.2. The minimum Gasteiger partial charge on any atom is -0.457 e. The topological polar surface area (TPSA) is 50.1 Å². The van der Waals surface area contributed by atoms with Gasteiger partial charge in [-0.15, -0.1) is 11.3 Å². The SMILES string of the molecule is N#Cc1ccc(COC(=O)c2ccc(Cl)s2)cc1. The molecule has 3 nitrogen and oxygen atoms in total. The van der Waals surface area contributed by atoms with Gasteiger partial charge in [0.1, 0.15) is 11.5 Å². The van der Waals surface area contributed by atoms with Crippen LogP contribution in [0.4, 0.5) is 0 Å². The predicted octanol–water partition coefficient (Wildman–Crippen LogP) is 3.63. The number of carbonyl (C=O) groups is 1. The highest BCUT2D eigenvalue weighted by Crippen LogP contribution is 2.22. The number of benzene rings is 1. The maximum Gasteiger partial charge on any atom is 0.348 e. The van der Waals surface area contributed by atoms with Crippen molar-refractivity contribution >= 4 is 28.9 Å². The number of thiophene rings is 1. The molecular formula is C13H8ClNO2S. The number of ether oxygens (including phenoxy) is 1.